The number of rotatable bonds is 4. The van der Waals surface area contributed by atoms with Crippen LogP contribution >= 0.6 is 11.6 Å². The summed E-state index contributed by atoms with van der Waals surface area (Å²) in [5, 5.41) is 6.45. The van der Waals surface area contributed by atoms with Gasteiger partial charge in [0.2, 0.25) is 0 Å². The quantitative estimate of drug-likeness (QED) is 0.573. The molecule has 1 aliphatic heterocycles. The van der Waals surface area contributed by atoms with E-state index in [1.807, 2.05) is 4.90 Å². The Kier molecular flexibility index (Phi) is 5.71. The molecule has 9 heteroatoms. The number of alkyl halides is 3. The molecule has 4 nitrogen and oxygen atoms in total. The number of anilines is 1. The van der Waals surface area contributed by atoms with Gasteiger partial charge >= 0.3 is 6.18 Å². The van der Waals surface area contributed by atoms with Gasteiger partial charge in [0.1, 0.15) is 5.82 Å². The number of benzene rings is 2. The zero-order valence-electron chi connectivity index (χ0n) is 15.8. The summed E-state index contributed by atoms with van der Waals surface area (Å²) >= 11 is 5.73. The van der Waals surface area contributed by atoms with Crippen LogP contribution < -0.4 is 4.90 Å². The molecule has 0 amide bonds. The smallest absolute Gasteiger partial charge is 0.369 e. The maximum atomic E-state index is 14.5. The van der Waals surface area contributed by atoms with Crippen molar-refractivity contribution in [3.05, 3.63) is 82.4 Å². The third-order valence-corrected chi connectivity index (χ3v) is 5.66. The molecule has 0 bridgehead atoms. The van der Waals surface area contributed by atoms with Gasteiger partial charge < -0.3 is 4.90 Å². The highest BCUT2D eigenvalue weighted by Gasteiger charge is 2.34. The number of hydrogen-bond donors (Lipinski definition) is 1. The topological polar surface area (TPSA) is 35.2 Å². The van der Waals surface area contributed by atoms with Gasteiger partial charge in [0, 0.05) is 49.2 Å². The fraction of sp³-hybridized carbons (Fsp3) is 0.286. The standard InChI is InChI=1S/C21H19ClF4N4/c22-18-6-5-15(11-17(18)21(24,25)26)29-7-9-30(10-8-29)20(14-12-27-28-13-14)16-3-1-2-4-19(16)23/h1-6,11-13,20H,7-10H2,(H,27,28). The number of H-pyrrole nitrogens is 1. The van der Waals surface area contributed by atoms with Crippen molar-refractivity contribution in [2.24, 2.45) is 0 Å². The van der Waals surface area contributed by atoms with Gasteiger partial charge in [0.15, 0.2) is 0 Å². The molecule has 0 aliphatic carbocycles. The first-order chi connectivity index (χ1) is 14.3. The lowest BCUT2D eigenvalue weighted by Crippen LogP contribution is -2.48. The Bertz CT molecular complexity index is 998. The van der Waals surface area contributed by atoms with Crippen LogP contribution in [0.25, 0.3) is 0 Å². The van der Waals surface area contributed by atoms with Crippen LogP contribution in [0, 0.1) is 5.82 Å². The van der Waals surface area contributed by atoms with E-state index in [-0.39, 0.29) is 16.9 Å². The molecule has 4 rings (SSSR count). The van der Waals surface area contributed by atoms with Crippen molar-refractivity contribution in [1.82, 2.24) is 15.1 Å². The Balaban J connectivity index is 1.55. The highest BCUT2D eigenvalue weighted by atomic mass is 35.5. The lowest BCUT2D eigenvalue weighted by atomic mass is 9.98. The largest absolute Gasteiger partial charge is 0.417 e. The molecule has 1 fully saturated rings. The van der Waals surface area contributed by atoms with E-state index in [0.29, 0.717) is 37.4 Å². The maximum Gasteiger partial charge on any atom is 0.417 e. The molecule has 1 N–H and O–H groups in total. The van der Waals surface area contributed by atoms with E-state index in [9.17, 15) is 17.6 Å². The van der Waals surface area contributed by atoms with Crippen molar-refractivity contribution >= 4 is 17.3 Å². The third kappa shape index (κ3) is 4.15. The summed E-state index contributed by atoms with van der Waals surface area (Å²) in [6.07, 6.45) is -1.11. The predicted octanol–water partition coefficient (Wildman–Crippen LogP) is 5.13. The molecular weight excluding hydrogens is 420 g/mol. The Labute approximate surface area is 176 Å². The van der Waals surface area contributed by atoms with E-state index in [0.717, 1.165) is 11.6 Å². The highest BCUT2D eigenvalue weighted by molar-refractivity contribution is 6.31. The van der Waals surface area contributed by atoms with Gasteiger partial charge in [-0.15, -0.1) is 0 Å². The van der Waals surface area contributed by atoms with E-state index in [1.54, 1.807) is 36.7 Å². The zero-order valence-corrected chi connectivity index (χ0v) is 16.6. The summed E-state index contributed by atoms with van der Waals surface area (Å²) in [6, 6.07) is 10.2. The van der Waals surface area contributed by atoms with Crippen molar-refractivity contribution in [2.45, 2.75) is 12.2 Å². The minimum absolute atomic E-state index is 0.307. The predicted molar refractivity (Wildman–Crippen MR) is 107 cm³/mol. The Morgan fingerprint density at radius 2 is 1.77 bits per heavy atom. The summed E-state index contributed by atoms with van der Waals surface area (Å²) in [5.41, 5.74) is 1.00. The molecule has 0 radical (unpaired) electrons. The lowest BCUT2D eigenvalue weighted by molar-refractivity contribution is -0.137. The monoisotopic (exact) mass is 438 g/mol. The minimum Gasteiger partial charge on any atom is -0.369 e. The fourth-order valence-electron chi connectivity index (χ4n) is 3.86. The van der Waals surface area contributed by atoms with Gasteiger partial charge in [0.05, 0.1) is 22.8 Å². The van der Waals surface area contributed by atoms with Crippen LogP contribution in [-0.4, -0.2) is 41.3 Å². The minimum atomic E-state index is -4.51. The number of aromatic amines is 1. The van der Waals surface area contributed by atoms with Gasteiger partial charge in [-0.05, 0) is 24.3 Å². The molecule has 158 valence electrons. The van der Waals surface area contributed by atoms with Crippen molar-refractivity contribution in [2.75, 3.05) is 31.1 Å². The van der Waals surface area contributed by atoms with Gasteiger partial charge in [-0.25, -0.2) is 4.39 Å². The molecule has 2 aromatic carbocycles. The average Bonchev–Trinajstić information content (AvgIpc) is 3.24. The second kappa shape index (κ2) is 8.28. The second-order valence-electron chi connectivity index (χ2n) is 7.14. The van der Waals surface area contributed by atoms with E-state index >= 15 is 0 Å². The summed E-state index contributed by atoms with van der Waals surface area (Å²) in [6.45, 7) is 2.10. The van der Waals surface area contributed by atoms with E-state index < -0.39 is 11.7 Å². The average molecular weight is 439 g/mol. The Hall–Kier alpha value is -2.58. The molecular formula is C21H19ClF4N4. The number of aromatic nitrogens is 2. The number of hydrogen-bond acceptors (Lipinski definition) is 3. The SMILES string of the molecule is Fc1ccccc1C(c1cn[nH]c1)N1CCN(c2ccc(Cl)c(C(F)(F)F)c2)CC1. The molecule has 1 aliphatic rings. The third-order valence-electron chi connectivity index (χ3n) is 5.33. The summed E-state index contributed by atoms with van der Waals surface area (Å²) in [7, 11) is 0. The molecule has 30 heavy (non-hydrogen) atoms. The van der Waals surface area contributed by atoms with E-state index in [2.05, 4.69) is 15.1 Å². The Morgan fingerprint density at radius 1 is 1.03 bits per heavy atom. The van der Waals surface area contributed by atoms with E-state index in [1.165, 1.54) is 12.1 Å². The normalized spacial score (nSPS) is 16.6. The van der Waals surface area contributed by atoms with Crippen molar-refractivity contribution in [3.63, 3.8) is 0 Å². The first-order valence-electron chi connectivity index (χ1n) is 9.43. The van der Waals surface area contributed by atoms with Gasteiger partial charge in [-0.1, -0.05) is 29.8 Å². The fourth-order valence-corrected chi connectivity index (χ4v) is 4.08. The molecule has 0 saturated carbocycles. The second-order valence-corrected chi connectivity index (χ2v) is 7.55. The van der Waals surface area contributed by atoms with Crippen LogP contribution in [0.1, 0.15) is 22.7 Å². The summed E-state index contributed by atoms with van der Waals surface area (Å²) in [5.74, 6) is -0.307. The molecule has 3 aromatic rings. The summed E-state index contributed by atoms with van der Waals surface area (Å²) < 4.78 is 54.1. The lowest BCUT2D eigenvalue weighted by Gasteiger charge is -2.40. The summed E-state index contributed by atoms with van der Waals surface area (Å²) in [4.78, 5) is 4.00. The number of nitrogens with one attached hydrogen (secondary N) is 1. The maximum absolute atomic E-state index is 14.5. The molecule has 0 spiro atoms. The first-order valence-corrected chi connectivity index (χ1v) is 9.81. The van der Waals surface area contributed by atoms with Crippen LogP contribution in [-0.2, 0) is 6.18 Å². The van der Waals surface area contributed by atoms with Gasteiger partial charge in [0.25, 0.3) is 0 Å². The van der Waals surface area contributed by atoms with Crippen LogP contribution in [0.2, 0.25) is 5.02 Å². The molecule has 1 aromatic heterocycles. The van der Waals surface area contributed by atoms with Crippen molar-refractivity contribution in [3.8, 4) is 0 Å². The van der Waals surface area contributed by atoms with Crippen molar-refractivity contribution in [1.29, 1.82) is 0 Å². The van der Waals surface area contributed by atoms with Gasteiger partial charge in [-0.2, -0.15) is 18.3 Å². The molecule has 1 atom stereocenters. The van der Waals surface area contributed by atoms with Crippen LogP contribution in [0.4, 0.5) is 23.2 Å². The molecule has 1 saturated heterocycles. The van der Waals surface area contributed by atoms with Crippen molar-refractivity contribution < 1.29 is 17.6 Å². The van der Waals surface area contributed by atoms with Crippen LogP contribution in [0.3, 0.4) is 0 Å². The molecule has 2 heterocycles. The Morgan fingerprint density at radius 3 is 2.40 bits per heavy atom. The first kappa shape index (κ1) is 20.7. The van der Waals surface area contributed by atoms with Gasteiger partial charge in [-0.3, -0.25) is 10.00 Å². The zero-order chi connectivity index (χ0) is 21.3. The highest BCUT2D eigenvalue weighted by Crippen LogP contribution is 2.37. The number of nitrogens with zero attached hydrogens (tertiary/aromatic N) is 3. The van der Waals surface area contributed by atoms with E-state index in [4.69, 9.17) is 11.6 Å². The van der Waals surface area contributed by atoms with Crippen LogP contribution in [0.5, 0.6) is 0 Å². The molecule has 1 unspecified atom stereocenters. The number of halogens is 5. The number of piperazine rings is 1. The van der Waals surface area contributed by atoms with Crippen LogP contribution in [0.15, 0.2) is 54.9 Å².